The van der Waals surface area contributed by atoms with Crippen molar-refractivity contribution >= 4 is 5.78 Å². The highest BCUT2D eigenvalue weighted by molar-refractivity contribution is 6.01. The van der Waals surface area contributed by atoms with Gasteiger partial charge in [-0.1, -0.05) is 13.8 Å². The number of aliphatic hydroxyl groups excluding tert-OH is 1. The Hall–Kier alpha value is -1.75. The van der Waals surface area contributed by atoms with E-state index in [9.17, 15) is 15.0 Å². The van der Waals surface area contributed by atoms with Crippen molar-refractivity contribution < 1.29 is 24.5 Å². The molecule has 1 heterocycles. The predicted octanol–water partition coefficient (Wildman–Crippen LogP) is 3.27. The fraction of sp³-hybridized carbons (Fsp3) is 0.632. The minimum absolute atomic E-state index is 0.0639. The smallest absolute Gasteiger partial charge is 0.167 e. The Balaban J connectivity index is 2.72. The Morgan fingerprint density at radius 3 is 2.54 bits per heavy atom. The minimum atomic E-state index is -0.769. The van der Waals surface area contributed by atoms with Crippen LogP contribution in [0.4, 0.5) is 0 Å². The molecule has 0 amide bonds. The number of carbonyl (C=O) groups excluding carboxylic acids is 1. The van der Waals surface area contributed by atoms with Crippen molar-refractivity contribution in [2.75, 3.05) is 7.11 Å². The molecule has 134 valence electrons. The molecule has 0 radical (unpaired) electrons. The van der Waals surface area contributed by atoms with E-state index >= 15 is 0 Å². The molecule has 1 aromatic rings. The molecule has 5 heteroatoms. The lowest BCUT2D eigenvalue weighted by molar-refractivity contribution is -0.0425. The van der Waals surface area contributed by atoms with Crippen LogP contribution in [0.2, 0.25) is 0 Å². The number of aliphatic hydroxyl groups is 1. The Kier molecular flexibility index (Phi) is 5.14. The number of hydrogen-bond acceptors (Lipinski definition) is 5. The van der Waals surface area contributed by atoms with E-state index in [0.29, 0.717) is 41.4 Å². The Morgan fingerprint density at radius 2 is 2.04 bits per heavy atom. The number of rotatable bonds is 5. The molecule has 1 aromatic carbocycles. The van der Waals surface area contributed by atoms with Crippen LogP contribution in [-0.4, -0.2) is 34.8 Å². The molecule has 24 heavy (non-hydrogen) atoms. The van der Waals surface area contributed by atoms with Crippen molar-refractivity contribution in [1.29, 1.82) is 0 Å². The van der Waals surface area contributed by atoms with Gasteiger partial charge in [-0.25, -0.2) is 0 Å². The standard InChI is InChI=1S/C19H28O5/c1-10(2)7-8-12-16(22)15(11(3)20)18(23-6)13-9-14(21)19(4,5)24-17(12)13/h10,14,21-22H,7-9H2,1-6H3. The maximum Gasteiger partial charge on any atom is 0.167 e. The van der Waals surface area contributed by atoms with Gasteiger partial charge in [0.05, 0.1) is 13.2 Å². The summed E-state index contributed by atoms with van der Waals surface area (Å²) in [7, 11) is 1.46. The van der Waals surface area contributed by atoms with E-state index in [0.717, 1.165) is 6.42 Å². The van der Waals surface area contributed by atoms with Crippen LogP contribution in [0.25, 0.3) is 0 Å². The Morgan fingerprint density at radius 1 is 1.42 bits per heavy atom. The zero-order chi connectivity index (χ0) is 18.2. The van der Waals surface area contributed by atoms with Gasteiger partial charge in [-0.15, -0.1) is 0 Å². The van der Waals surface area contributed by atoms with E-state index in [1.807, 2.05) is 13.8 Å². The summed E-state index contributed by atoms with van der Waals surface area (Å²) in [5, 5.41) is 21.1. The summed E-state index contributed by atoms with van der Waals surface area (Å²) < 4.78 is 11.5. The number of fused-ring (bicyclic) bond motifs is 1. The molecule has 1 atom stereocenters. The number of methoxy groups -OCH3 is 1. The first-order valence-corrected chi connectivity index (χ1v) is 8.42. The van der Waals surface area contributed by atoms with E-state index in [-0.39, 0.29) is 17.1 Å². The molecule has 1 unspecified atom stereocenters. The van der Waals surface area contributed by atoms with Gasteiger partial charge in [-0.3, -0.25) is 4.79 Å². The Labute approximate surface area is 143 Å². The number of ether oxygens (including phenoxy) is 2. The van der Waals surface area contributed by atoms with Gasteiger partial charge in [0.15, 0.2) is 5.78 Å². The summed E-state index contributed by atoms with van der Waals surface area (Å²) in [4.78, 5) is 12.1. The number of hydrogen-bond donors (Lipinski definition) is 2. The summed E-state index contributed by atoms with van der Waals surface area (Å²) in [5.74, 6) is 0.969. The van der Waals surface area contributed by atoms with E-state index < -0.39 is 11.7 Å². The third-order valence-corrected chi connectivity index (χ3v) is 4.66. The fourth-order valence-electron chi connectivity index (χ4n) is 3.10. The number of ketones is 1. The molecule has 0 aliphatic carbocycles. The minimum Gasteiger partial charge on any atom is -0.507 e. The highest BCUT2D eigenvalue weighted by Gasteiger charge is 2.40. The van der Waals surface area contributed by atoms with Crippen molar-refractivity contribution in [2.45, 2.75) is 65.6 Å². The average Bonchev–Trinajstić information content (AvgIpc) is 2.46. The quantitative estimate of drug-likeness (QED) is 0.807. The largest absolute Gasteiger partial charge is 0.507 e. The lowest BCUT2D eigenvalue weighted by Crippen LogP contribution is -2.46. The van der Waals surface area contributed by atoms with Gasteiger partial charge < -0.3 is 19.7 Å². The van der Waals surface area contributed by atoms with Crippen LogP contribution < -0.4 is 9.47 Å². The monoisotopic (exact) mass is 336 g/mol. The van der Waals surface area contributed by atoms with Crippen LogP contribution in [0.3, 0.4) is 0 Å². The van der Waals surface area contributed by atoms with Crippen molar-refractivity contribution in [3.63, 3.8) is 0 Å². The molecule has 0 fully saturated rings. The van der Waals surface area contributed by atoms with Gasteiger partial charge in [0, 0.05) is 17.5 Å². The van der Waals surface area contributed by atoms with E-state index in [4.69, 9.17) is 9.47 Å². The summed E-state index contributed by atoms with van der Waals surface area (Å²) in [5.41, 5.74) is 0.690. The topological polar surface area (TPSA) is 76.0 Å². The van der Waals surface area contributed by atoms with Crippen LogP contribution in [0.1, 0.15) is 62.5 Å². The number of Topliss-reactive ketones (excluding diaryl/α,β-unsaturated/α-hetero) is 1. The normalized spacial score (nSPS) is 18.9. The van der Waals surface area contributed by atoms with Crippen LogP contribution in [0, 0.1) is 5.92 Å². The van der Waals surface area contributed by atoms with Crippen molar-refractivity contribution in [2.24, 2.45) is 5.92 Å². The first-order valence-electron chi connectivity index (χ1n) is 8.42. The molecule has 0 aromatic heterocycles. The van der Waals surface area contributed by atoms with Crippen molar-refractivity contribution in [1.82, 2.24) is 0 Å². The third kappa shape index (κ3) is 3.22. The number of carbonyl (C=O) groups is 1. The van der Waals surface area contributed by atoms with Gasteiger partial charge in [0.1, 0.15) is 28.4 Å². The number of benzene rings is 1. The molecule has 0 saturated carbocycles. The molecular weight excluding hydrogens is 308 g/mol. The molecule has 5 nitrogen and oxygen atoms in total. The molecule has 1 aliphatic heterocycles. The predicted molar refractivity (Wildman–Crippen MR) is 92.2 cm³/mol. The van der Waals surface area contributed by atoms with Crippen LogP contribution in [-0.2, 0) is 12.8 Å². The molecule has 2 rings (SSSR count). The molecule has 2 N–H and O–H groups in total. The summed E-state index contributed by atoms with van der Waals surface area (Å²) in [6.45, 7) is 9.24. The first-order chi connectivity index (χ1) is 11.1. The zero-order valence-electron chi connectivity index (χ0n) is 15.4. The fourth-order valence-corrected chi connectivity index (χ4v) is 3.10. The highest BCUT2D eigenvalue weighted by Crippen LogP contribution is 2.48. The van der Waals surface area contributed by atoms with Gasteiger partial charge in [-0.2, -0.15) is 0 Å². The molecule has 0 saturated heterocycles. The second-order valence-corrected chi connectivity index (χ2v) is 7.46. The summed E-state index contributed by atoms with van der Waals surface area (Å²) in [6.07, 6.45) is 1.06. The molecule has 0 spiro atoms. The van der Waals surface area contributed by atoms with E-state index in [2.05, 4.69) is 13.8 Å². The SMILES string of the molecule is COc1c2c(c(CCC(C)C)c(O)c1C(C)=O)OC(C)(C)C(O)C2. The lowest BCUT2D eigenvalue weighted by atomic mass is 9.85. The zero-order valence-corrected chi connectivity index (χ0v) is 15.4. The van der Waals surface area contributed by atoms with E-state index in [1.165, 1.54) is 14.0 Å². The summed E-state index contributed by atoms with van der Waals surface area (Å²) >= 11 is 0. The average molecular weight is 336 g/mol. The number of aromatic hydroxyl groups is 1. The van der Waals surface area contributed by atoms with Gasteiger partial charge in [0.25, 0.3) is 0 Å². The van der Waals surface area contributed by atoms with Crippen LogP contribution >= 0.6 is 0 Å². The highest BCUT2D eigenvalue weighted by atomic mass is 16.5. The molecular formula is C19H28O5. The lowest BCUT2D eigenvalue weighted by Gasteiger charge is -2.39. The van der Waals surface area contributed by atoms with Gasteiger partial charge >= 0.3 is 0 Å². The van der Waals surface area contributed by atoms with Crippen LogP contribution in [0.5, 0.6) is 17.2 Å². The summed E-state index contributed by atoms with van der Waals surface area (Å²) in [6, 6.07) is 0. The van der Waals surface area contributed by atoms with E-state index in [1.54, 1.807) is 0 Å². The Bertz CT molecular complexity index is 646. The second kappa shape index (κ2) is 6.63. The third-order valence-electron chi connectivity index (χ3n) is 4.66. The van der Waals surface area contributed by atoms with Gasteiger partial charge in [0.2, 0.25) is 0 Å². The molecule has 0 bridgehead atoms. The maximum atomic E-state index is 12.1. The van der Waals surface area contributed by atoms with Crippen molar-refractivity contribution in [3.05, 3.63) is 16.7 Å². The van der Waals surface area contributed by atoms with Crippen LogP contribution in [0.15, 0.2) is 0 Å². The first kappa shape index (κ1) is 18.6. The van der Waals surface area contributed by atoms with Crippen molar-refractivity contribution in [3.8, 4) is 17.2 Å². The maximum absolute atomic E-state index is 12.1. The number of phenolic OH excluding ortho intramolecular Hbond substituents is 1. The number of phenols is 1. The van der Waals surface area contributed by atoms with Gasteiger partial charge in [-0.05, 0) is 39.5 Å². The molecule has 1 aliphatic rings. The second-order valence-electron chi connectivity index (χ2n) is 7.46.